The largest absolute Gasteiger partial charge is 0.370 e. The third kappa shape index (κ3) is 2.80. The molecule has 0 atom stereocenters. The van der Waals surface area contributed by atoms with E-state index in [-0.39, 0.29) is 11.9 Å². The zero-order chi connectivity index (χ0) is 13.0. The summed E-state index contributed by atoms with van der Waals surface area (Å²) in [5, 5.41) is 0. The minimum atomic E-state index is 0.0777. The second-order valence-corrected chi connectivity index (χ2v) is 4.33. The topological polar surface area (TPSA) is 84.7 Å². The Morgan fingerprint density at radius 1 is 1.33 bits per heavy atom. The van der Waals surface area contributed by atoms with Crippen LogP contribution in [0.1, 0.15) is 18.4 Å². The molecule has 0 saturated heterocycles. The lowest BCUT2D eigenvalue weighted by atomic mass is 10.2. The van der Waals surface area contributed by atoms with Crippen molar-refractivity contribution in [2.75, 3.05) is 18.0 Å². The lowest BCUT2D eigenvalue weighted by Gasteiger charge is -2.16. The van der Waals surface area contributed by atoms with Crippen molar-refractivity contribution >= 4 is 17.6 Å². The van der Waals surface area contributed by atoms with Gasteiger partial charge in [-0.1, -0.05) is 18.2 Å². The molecule has 0 spiro atoms. The van der Waals surface area contributed by atoms with Gasteiger partial charge in [-0.3, -0.25) is 9.79 Å². The average molecular weight is 246 g/mol. The Balaban J connectivity index is 1.90. The van der Waals surface area contributed by atoms with Gasteiger partial charge in [-0.2, -0.15) is 0 Å². The molecule has 2 rings (SSSR count). The molecule has 0 aromatic heterocycles. The number of para-hydroxylation sites is 1. The van der Waals surface area contributed by atoms with Crippen LogP contribution in [-0.4, -0.2) is 25.0 Å². The van der Waals surface area contributed by atoms with E-state index < -0.39 is 0 Å². The van der Waals surface area contributed by atoms with Crippen molar-refractivity contribution in [2.45, 2.75) is 19.3 Å². The highest BCUT2D eigenvalue weighted by atomic mass is 16.2. The molecule has 1 aliphatic rings. The normalized spacial score (nSPS) is 13.2. The van der Waals surface area contributed by atoms with Crippen LogP contribution >= 0.6 is 0 Å². The summed E-state index contributed by atoms with van der Waals surface area (Å²) in [6, 6.07) is 8.04. The maximum Gasteiger partial charge on any atom is 0.227 e. The highest BCUT2D eigenvalue weighted by Crippen LogP contribution is 2.27. The summed E-state index contributed by atoms with van der Waals surface area (Å²) in [7, 11) is 0. The first-order valence-corrected chi connectivity index (χ1v) is 6.12. The summed E-state index contributed by atoms with van der Waals surface area (Å²) in [6.07, 6.45) is 2.09. The molecule has 96 valence electrons. The molecule has 18 heavy (non-hydrogen) atoms. The predicted octanol–water partition coefficient (Wildman–Crippen LogP) is 0.629. The smallest absolute Gasteiger partial charge is 0.227 e. The van der Waals surface area contributed by atoms with Gasteiger partial charge in [0.2, 0.25) is 5.91 Å². The molecular formula is C13H18N4O. The van der Waals surface area contributed by atoms with Gasteiger partial charge in [-0.05, 0) is 24.5 Å². The molecule has 5 heteroatoms. The first-order chi connectivity index (χ1) is 8.68. The predicted molar refractivity (Wildman–Crippen MR) is 72.4 cm³/mol. The van der Waals surface area contributed by atoms with Crippen molar-refractivity contribution in [3.8, 4) is 0 Å². The molecule has 0 fully saturated rings. The highest BCUT2D eigenvalue weighted by molar-refractivity contribution is 5.95. The van der Waals surface area contributed by atoms with Crippen LogP contribution in [0.5, 0.6) is 0 Å². The molecule has 1 aliphatic heterocycles. The second-order valence-electron chi connectivity index (χ2n) is 4.33. The molecule has 0 bridgehead atoms. The summed E-state index contributed by atoms with van der Waals surface area (Å²) in [5.41, 5.74) is 12.7. The van der Waals surface area contributed by atoms with E-state index >= 15 is 0 Å². The molecule has 1 aromatic rings. The van der Waals surface area contributed by atoms with Crippen molar-refractivity contribution in [1.82, 2.24) is 0 Å². The summed E-state index contributed by atoms with van der Waals surface area (Å²) in [4.78, 5) is 17.8. The fraction of sp³-hybridized carbons (Fsp3) is 0.385. The Morgan fingerprint density at radius 3 is 2.89 bits per heavy atom. The van der Waals surface area contributed by atoms with E-state index in [2.05, 4.69) is 11.1 Å². The van der Waals surface area contributed by atoms with Crippen molar-refractivity contribution < 1.29 is 4.79 Å². The number of anilines is 1. The number of amides is 1. The van der Waals surface area contributed by atoms with E-state index in [1.54, 1.807) is 0 Å². The number of rotatable bonds is 4. The summed E-state index contributed by atoms with van der Waals surface area (Å²) >= 11 is 0. The Kier molecular flexibility index (Phi) is 3.82. The van der Waals surface area contributed by atoms with E-state index in [0.29, 0.717) is 19.4 Å². The van der Waals surface area contributed by atoms with Gasteiger partial charge in [-0.15, -0.1) is 0 Å². The van der Waals surface area contributed by atoms with Crippen LogP contribution in [0.3, 0.4) is 0 Å². The molecule has 5 nitrogen and oxygen atoms in total. The fourth-order valence-corrected chi connectivity index (χ4v) is 2.17. The summed E-state index contributed by atoms with van der Waals surface area (Å²) in [6.45, 7) is 1.28. The maximum atomic E-state index is 12.1. The van der Waals surface area contributed by atoms with Gasteiger partial charge in [0.25, 0.3) is 0 Å². The van der Waals surface area contributed by atoms with Crippen LogP contribution in [-0.2, 0) is 11.2 Å². The van der Waals surface area contributed by atoms with Crippen LogP contribution < -0.4 is 16.4 Å². The summed E-state index contributed by atoms with van der Waals surface area (Å²) < 4.78 is 0. The van der Waals surface area contributed by atoms with Crippen LogP contribution in [0.15, 0.2) is 29.3 Å². The number of carbonyl (C=O) groups excluding carboxylic acids is 1. The van der Waals surface area contributed by atoms with Gasteiger partial charge in [0.15, 0.2) is 5.96 Å². The Bertz CT molecular complexity index is 466. The molecule has 1 amide bonds. The van der Waals surface area contributed by atoms with Crippen molar-refractivity contribution in [1.29, 1.82) is 0 Å². The maximum absolute atomic E-state index is 12.1. The van der Waals surface area contributed by atoms with Crippen LogP contribution in [0.2, 0.25) is 0 Å². The number of nitrogens with zero attached hydrogens (tertiary/aromatic N) is 2. The van der Waals surface area contributed by atoms with Crippen molar-refractivity contribution in [3.05, 3.63) is 29.8 Å². The Labute approximate surface area is 106 Å². The zero-order valence-corrected chi connectivity index (χ0v) is 10.3. The standard InChI is InChI=1S/C13H18N4O/c14-13(15)16-8-3-6-12(18)17-9-7-10-4-1-2-5-11(10)17/h1-2,4-5H,3,6-9H2,(H4,14,15,16). The second kappa shape index (κ2) is 5.53. The highest BCUT2D eigenvalue weighted by Gasteiger charge is 2.23. The third-order valence-corrected chi connectivity index (χ3v) is 3.03. The van der Waals surface area contributed by atoms with Gasteiger partial charge in [0.1, 0.15) is 0 Å². The van der Waals surface area contributed by atoms with E-state index in [1.807, 2.05) is 23.1 Å². The third-order valence-electron chi connectivity index (χ3n) is 3.03. The number of benzene rings is 1. The minimum Gasteiger partial charge on any atom is -0.370 e. The molecule has 0 saturated carbocycles. The van der Waals surface area contributed by atoms with Crippen LogP contribution in [0.4, 0.5) is 5.69 Å². The number of nitrogens with two attached hydrogens (primary N) is 2. The molecule has 4 N–H and O–H groups in total. The van der Waals surface area contributed by atoms with Gasteiger partial charge in [0, 0.05) is 25.2 Å². The lowest BCUT2D eigenvalue weighted by Crippen LogP contribution is -2.29. The number of hydrogen-bond acceptors (Lipinski definition) is 2. The van der Waals surface area contributed by atoms with E-state index in [0.717, 1.165) is 18.7 Å². The van der Waals surface area contributed by atoms with Crippen LogP contribution in [0, 0.1) is 0 Å². The van der Waals surface area contributed by atoms with Crippen molar-refractivity contribution in [2.24, 2.45) is 16.5 Å². The van der Waals surface area contributed by atoms with Gasteiger partial charge >= 0.3 is 0 Å². The molecule has 1 aromatic carbocycles. The first kappa shape index (κ1) is 12.4. The molecule has 0 unspecified atom stereocenters. The quantitative estimate of drug-likeness (QED) is 0.464. The number of fused-ring (bicyclic) bond motifs is 1. The van der Waals surface area contributed by atoms with Gasteiger partial charge in [0.05, 0.1) is 0 Å². The van der Waals surface area contributed by atoms with E-state index in [9.17, 15) is 4.79 Å². The monoisotopic (exact) mass is 246 g/mol. The Morgan fingerprint density at radius 2 is 2.11 bits per heavy atom. The molecule has 0 radical (unpaired) electrons. The average Bonchev–Trinajstić information content (AvgIpc) is 2.78. The number of hydrogen-bond donors (Lipinski definition) is 2. The van der Waals surface area contributed by atoms with Gasteiger partial charge < -0.3 is 16.4 Å². The van der Waals surface area contributed by atoms with E-state index in [4.69, 9.17) is 11.5 Å². The summed E-state index contributed by atoms with van der Waals surface area (Å²) in [5.74, 6) is 0.222. The minimum absolute atomic E-state index is 0.0777. The zero-order valence-electron chi connectivity index (χ0n) is 10.3. The first-order valence-electron chi connectivity index (χ1n) is 6.12. The van der Waals surface area contributed by atoms with Gasteiger partial charge in [-0.25, -0.2) is 0 Å². The van der Waals surface area contributed by atoms with Crippen molar-refractivity contribution in [3.63, 3.8) is 0 Å². The fourth-order valence-electron chi connectivity index (χ4n) is 2.17. The lowest BCUT2D eigenvalue weighted by molar-refractivity contribution is -0.118. The SMILES string of the molecule is NC(N)=NCCCC(=O)N1CCc2ccccc21. The van der Waals surface area contributed by atoms with Crippen LogP contribution in [0.25, 0.3) is 0 Å². The molecule has 0 aliphatic carbocycles. The number of guanidine groups is 1. The van der Waals surface area contributed by atoms with E-state index in [1.165, 1.54) is 5.56 Å². The number of aliphatic imine (C=N–C) groups is 1. The Hall–Kier alpha value is -2.04. The molecular weight excluding hydrogens is 228 g/mol. The molecule has 1 heterocycles. The number of carbonyl (C=O) groups is 1.